The fourth-order valence-electron chi connectivity index (χ4n) is 3.32. The Morgan fingerprint density at radius 1 is 1.41 bits per heavy atom. The number of rotatable bonds is 3. The highest BCUT2D eigenvalue weighted by Gasteiger charge is 2.49. The third-order valence-corrected chi connectivity index (χ3v) is 4.38. The van der Waals surface area contributed by atoms with Crippen molar-refractivity contribution in [2.75, 3.05) is 26.8 Å². The van der Waals surface area contributed by atoms with Gasteiger partial charge in [-0.15, -0.1) is 0 Å². The lowest BCUT2D eigenvalue weighted by Crippen LogP contribution is -2.56. The van der Waals surface area contributed by atoms with Crippen molar-refractivity contribution in [3.63, 3.8) is 0 Å². The number of hydrogen-bond acceptors (Lipinski definition) is 3. The lowest BCUT2D eigenvalue weighted by Gasteiger charge is -2.47. The molecule has 2 fully saturated rings. The Bertz CT molecular complexity index is 281. The molecule has 0 unspecified atom stereocenters. The normalized spacial score (nSPS) is 34.2. The zero-order valence-electron chi connectivity index (χ0n) is 10.9. The molecule has 2 aliphatic rings. The van der Waals surface area contributed by atoms with E-state index in [0.717, 1.165) is 38.9 Å². The maximum absolute atomic E-state index is 12.5. The molecule has 98 valence electrons. The van der Waals surface area contributed by atoms with Crippen LogP contribution in [0.3, 0.4) is 0 Å². The number of nitrogens with zero attached hydrogens (tertiary/aromatic N) is 1. The van der Waals surface area contributed by atoms with Crippen LogP contribution < -0.4 is 5.73 Å². The molecular formula is C13H24N2O2. The molecule has 1 amide bonds. The molecule has 1 aliphatic heterocycles. The molecule has 0 bridgehead atoms. The van der Waals surface area contributed by atoms with Crippen molar-refractivity contribution in [1.82, 2.24) is 4.90 Å². The number of hydrogen-bond donors (Lipinski definition) is 1. The van der Waals surface area contributed by atoms with Crippen molar-refractivity contribution >= 4 is 5.91 Å². The predicted molar refractivity (Wildman–Crippen MR) is 66.5 cm³/mol. The van der Waals surface area contributed by atoms with Crippen molar-refractivity contribution in [3.05, 3.63) is 0 Å². The van der Waals surface area contributed by atoms with E-state index in [1.807, 2.05) is 11.9 Å². The standard InChI is InChI=1S/C13H24N2O2/c1-10-7-13(8-10,9-14)12(16)15(2)11-3-5-17-6-4-11/h10-11H,3-9,14H2,1-2H3. The van der Waals surface area contributed by atoms with Gasteiger partial charge >= 0.3 is 0 Å². The summed E-state index contributed by atoms with van der Waals surface area (Å²) in [5.74, 6) is 0.899. The highest BCUT2D eigenvalue weighted by Crippen LogP contribution is 2.46. The van der Waals surface area contributed by atoms with E-state index in [2.05, 4.69) is 6.92 Å². The van der Waals surface area contributed by atoms with E-state index in [-0.39, 0.29) is 11.3 Å². The largest absolute Gasteiger partial charge is 0.381 e. The van der Waals surface area contributed by atoms with Crippen molar-refractivity contribution in [3.8, 4) is 0 Å². The molecule has 0 spiro atoms. The Balaban J connectivity index is 1.98. The maximum atomic E-state index is 12.5. The van der Waals surface area contributed by atoms with E-state index >= 15 is 0 Å². The van der Waals surface area contributed by atoms with Crippen LogP contribution >= 0.6 is 0 Å². The van der Waals surface area contributed by atoms with Crippen molar-refractivity contribution in [2.45, 2.75) is 38.6 Å². The van der Waals surface area contributed by atoms with E-state index in [0.29, 0.717) is 18.5 Å². The summed E-state index contributed by atoms with van der Waals surface area (Å²) in [5.41, 5.74) is 5.57. The van der Waals surface area contributed by atoms with Gasteiger partial charge < -0.3 is 15.4 Å². The van der Waals surface area contributed by atoms with Crippen LogP contribution in [0.15, 0.2) is 0 Å². The number of amides is 1. The first-order valence-electron chi connectivity index (χ1n) is 6.64. The summed E-state index contributed by atoms with van der Waals surface area (Å²) < 4.78 is 5.34. The lowest BCUT2D eigenvalue weighted by atomic mass is 9.61. The molecule has 2 N–H and O–H groups in total. The molecule has 1 aliphatic carbocycles. The molecule has 2 rings (SSSR count). The molecule has 0 radical (unpaired) electrons. The van der Waals surface area contributed by atoms with Crippen LogP contribution in [-0.4, -0.2) is 43.7 Å². The van der Waals surface area contributed by atoms with Crippen LogP contribution in [0, 0.1) is 11.3 Å². The fraction of sp³-hybridized carbons (Fsp3) is 0.923. The van der Waals surface area contributed by atoms with E-state index in [4.69, 9.17) is 10.5 Å². The van der Waals surface area contributed by atoms with E-state index in [1.165, 1.54) is 0 Å². The molecule has 0 aromatic rings. The zero-order chi connectivity index (χ0) is 12.5. The van der Waals surface area contributed by atoms with Crippen LogP contribution in [0.25, 0.3) is 0 Å². The SMILES string of the molecule is CC1CC(CN)(C(=O)N(C)C2CCOCC2)C1. The van der Waals surface area contributed by atoms with Crippen molar-refractivity contribution in [1.29, 1.82) is 0 Å². The predicted octanol–water partition coefficient (Wildman–Crippen LogP) is 0.999. The monoisotopic (exact) mass is 240 g/mol. The molecule has 4 heteroatoms. The number of nitrogens with two attached hydrogens (primary N) is 1. The van der Waals surface area contributed by atoms with Crippen LogP contribution in [0.1, 0.15) is 32.6 Å². The summed E-state index contributed by atoms with van der Waals surface area (Å²) in [6, 6.07) is 0.343. The van der Waals surface area contributed by atoms with Gasteiger partial charge in [0.1, 0.15) is 0 Å². The summed E-state index contributed by atoms with van der Waals surface area (Å²) in [7, 11) is 1.93. The molecule has 4 nitrogen and oxygen atoms in total. The number of ether oxygens (including phenoxy) is 1. The molecule has 17 heavy (non-hydrogen) atoms. The summed E-state index contributed by atoms with van der Waals surface area (Å²) in [6.45, 7) is 4.22. The van der Waals surface area contributed by atoms with E-state index < -0.39 is 0 Å². The van der Waals surface area contributed by atoms with Gasteiger partial charge in [-0.2, -0.15) is 0 Å². The Morgan fingerprint density at radius 2 is 2.00 bits per heavy atom. The van der Waals surface area contributed by atoms with Crippen LogP contribution in [0.4, 0.5) is 0 Å². The van der Waals surface area contributed by atoms with Crippen LogP contribution in [0.5, 0.6) is 0 Å². The highest BCUT2D eigenvalue weighted by molar-refractivity contribution is 5.84. The average molecular weight is 240 g/mol. The Labute approximate surface area is 103 Å². The molecule has 0 aromatic carbocycles. The minimum Gasteiger partial charge on any atom is -0.381 e. The fourth-order valence-corrected chi connectivity index (χ4v) is 3.32. The van der Waals surface area contributed by atoms with E-state index in [9.17, 15) is 4.79 Å². The second kappa shape index (κ2) is 4.94. The molecular weight excluding hydrogens is 216 g/mol. The van der Waals surface area contributed by atoms with Gasteiger partial charge in [0.25, 0.3) is 0 Å². The van der Waals surface area contributed by atoms with Gasteiger partial charge in [-0.25, -0.2) is 0 Å². The third kappa shape index (κ3) is 2.33. The summed E-state index contributed by atoms with van der Waals surface area (Å²) >= 11 is 0. The Kier molecular flexibility index (Phi) is 3.73. The average Bonchev–Trinajstić information content (AvgIpc) is 2.34. The van der Waals surface area contributed by atoms with Crippen LogP contribution in [-0.2, 0) is 9.53 Å². The second-order valence-electron chi connectivity index (χ2n) is 5.76. The van der Waals surface area contributed by atoms with Gasteiger partial charge in [0, 0.05) is 32.8 Å². The first kappa shape index (κ1) is 12.8. The molecule has 1 saturated heterocycles. The second-order valence-corrected chi connectivity index (χ2v) is 5.76. The summed E-state index contributed by atoms with van der Waals surface area (Å²) in [5, 5.41) is 0. The quantitative estimate of drug-likeness (QED) is 0.800. The van der Waals surface area contributed by atoms with E-state index in [1.54, 1.807) is 0 Å². The smallest absolute Gasteiger partial charge is 0.230 e. The Morgan fingerprint density at radius 3 is 2.47 bits per heavy atom. The van der Waals surface area contributed by atoms with Crippen molar-refractivity contribution < 1.29 is 9.53 Å². The minimum atomic E-state index is -0.257. The van der Waals surface area contributed by atoms with Gasteiger partial charge in [0.05, 0.1) is 5.41 Å². The number of carbonyl (C=O) groups is 1. The highest BCUT2D eigenvalue weighted by atomic mass is 16.5. The molecule has 0 aromatic heterocycles. The van der Waals surface area contributed by atoms with Gasteiger partial charge in [0.15, 0.2) is 0 Å². The third-order valence-electron chi connectivity index (χ3n) is 4.38. The maximum Gasteiger partial charge on any atom is 0.230 e. The van der Waals surface area contributed by atoms with Gasteiger partial charge in [-0.3, -0.25) is 4.79 Å². The molecule has 1 heterocycles. The van der Waals surface area contributed by atoms with Crippen LogP contribution in [0.2, 0.25) is 0 Å². The zero-order valence-corrected chi connectivity index (χ0v) is 10.9. The molecule has 0 atom stereocenters. The van der Waals surface area contributed by atoms with Gasteiger partial charge in [-0.05, 0) is 31.6 Å². The molecule has 1 saturated carbocycles. The first-order valence-corrected chi connectivity index (χ1v) is 6.64. The minimum absolute atomic E-state index is 0.255. The topological polar surface area (TPSA) is 55.6 Å². The first-order chi connectivity index (χ1) is 8.09. The Hall–Kier alpha value is -0.610. The van der Waals surface area contributed by atoms with Gasteiger partial charge in [-0.1, -0.05) is 6.92 Å². The lowest BCUT2D eigenvalue weighted by molar-refractivity contribution is -0.152. The number of carbonyl (C=O) groups excluding carboxylic acids is 1. The van der Waals surface area contributed by atoms with Crippen molar-refractivity contribution in [2.24, 2.45) is 17.1 Å². The van der Waals surface area contributed by atoms with Gasteiger partial charge in [0.2, 0.25) is 5.91 Å². The summed E-state index contributed by atoms with van der Waals surface area (Å²) in [4.78, 5) is 14.5. The summed E-state index contributed by atoms with van der Waals surface area (Å²) in [6.07, 6.45) is 3.82.